The fraction of sp³-hybridized carbons (Fsp3) is 0.357. The van der Waals surface area contributed by atoms with Gasteiger partial charge in [-0.05, 0) is 11.6 Å². The quantitative estimate of drug-likeness (QED) is 0.750. The van der Waals surface area contributed by atoms with E-state index < -0.39 is 11.7 Å². The normalized spacial score (nSPS) is 15.4. The van der Waals surface area contributed by atoms with Crippen LogP contribution in [-0.2, 0) is 6.18 Å². The summed E-state index contributed by atoms with van der Waals surface area (Å²) in [6, 6.07) is 0. The molecule has 1 aliphatic heterocycles. The second-order valence-electron chi connectivity index (χ2n) is 5.29. The lowest BCUT2D eigenvalue weighted by Crippen LogP contribution is -2.49. The summed E-state index contributed by atoms with van der Waals surface area (Å²) in [6.45, 7) is 1.58. The van der Waals surface area contributed by atoms with Gasteiger partial charge < -0.3 is 9.80 Å². The standard InChI is InChI=1S/C14H12ClF3N6O/c15-12-19-5-9(6-20-12)11(25)23-1-3-24(4-2-23)13-21-7-10(8-22-13)14(16,17)18/h5-8H,1-4H2. The fourth-order valence-corrected chi connectivity index (χ4v) is 2.44. The Balaban J connectivity index is 1.61. The van der Waals surface area contributed by atoms with Gasteiger partial charge in [-0.2, -0.15) is 13.2 Å². The number of hydrogen-bond acceptors (Lipinski definition) is 6. The van der Waals surface area contributed by atoms with Crippen molar-refractivity contribution in [3.05, 3.63) is 41.2 Å². The van der Waals surface area contributed by atoms with Gasteiger partial charge in [0.2, 0.25) is 11.2 Å². The van der Waals surface area contributed by atoms with Gasteiger partial charge in [-0.1, -0.05) is 0 Å². The maximum Gasteiger partial charge on any atom is 0.419 e. The van der Waals surface area contributed by atoms with Crippen molar-refractivity contribution >= 4 is 23.5 Å². The van der Waals surface area contributed by atoms with E-state index in [-0.39, 0.29) is 17.1 Å². The summed E-state index contributed by atoms with van der Waals surface area (Å²) in [5.74, 6) is -0.0282. The highest BCUT2D eigenvalue weighted by molar-refractivity contribution is 6.28. The minimum absolute atomic E-state index is 0.0563. The van der Waals surface area contributed by atoms with Crippen LogP contribution >= 0.6 is 11.6 Å². The summed E-state index contributed by atoms with van der Waals surface area (Å²) in [7, 11) is 0. The largest absolute Gasteiger partial charge is 0.419 e. The van der Waals surface area contributed by atoms with Crippen LogP contribution in [0.3, 0.4) is 0 Å². The monoisotopic (exact) mass is 372 g/mol. The summed E-state index contributed by atoms with van der Waals surface area (Å²) >= 11 is 5.59. The van der Waals surface area contributed by atoms with Crippen LogP contribution in [0.1, 0.15) is 15.9 Å². The van der Waals surface area contributed by atoms with Crippen LogP contribution in [0.5, 0.6) is 0 Å². The van der Waals surface area contributed by atoms with Gasteiger partial charge in [-0.15, -0.1) is 0 Å². The van der Waals surface area contributed by atoms with E-state index in [9.17, 15) is 18.0 Å². The number of hydrogen-bond donors (Lipinski definition) is 0. The molecule has 11 heteroatoms. The van der Waals surface area contributed by atoms with E-state index in [2.05, 4.69) is 19.9 Å². The summed E-state index contributed by atoms with van der Waals surface area (Å²) in [6.07, 6.45) is -0.258. The van der Waals surface area contributed by atoms with Gasteiger partial charge >= 0.3 is 6.18 Å². The van der Waals surface area contributed by atoms with E-state index in [1.165, 1.54) is 12.4 Å². The fourth-order valence-electron chi connectivity index (χ4n) is 2.35. The Labute approximate surface area is 145 Å². The smallest absolute Gasteiger partial charge is 0.337 e. The number of piperazine rings is 1. The number of rotatable bonds is 2. The topological polar surface area (TPSA) is 75.1 Å². The minimum atomic E-state index is -4.47. The third-order valence-electron chi connectivity index (χ3n) is 3.68. The molecule has 0 aromatic carbocycles. The van der Waals surface area contributed by atoms with Gasteiger partial charge in [0.25, 0.3) is 5.91 Å². The van der Waals surface area contributed by atoms with Crippen molar-refractivity contribution in [1.82, 2.24) is 24.8 Å². The minimum Gasteiger partial charge on any atom is -0.337 e. The third kappa shape index (κ3) is 3.95. The zero-order valence-corrected chi connectivity index (χ0v) is 13.5. The lowest BCUT2D eigenvalue weighted by molar-refractivity contribution is -0.138. The van der Waals surface area contributed by atoms with Crippen LogP contribution in [0, 0.1) is 0 Å². The molecule has 132 valence electrons. The first-order valence-corrected chi connectivity index (χ1v) is 7.63. The summed E-state index contributed by atoms with van der Waals surface area (Å²) in [5, 5.41) is 0.0563. The second kappa shape index (κ2) is 6.79. The number of carbonyl (C=O) groups is 1. The molecular formula is C14H12ClF3N6O. The molecule has 0 bridgehead atoms. The maximum absolute atomic E-state index is 12.5. The molecule has 1 saturated heterocycles. The molecule has 0 spiro atoms. The summed E-state index contributed by atoms with van der Waals surface area (Å²) in [4.78, 5) is 30.7. The number of amides is 1. The zero-order chi connectivity index (χ0) is 18.0. The molecule has 3 rings (SSSR count). The van der Waals surface area contributed by atoms with Crippen LogP contribution in [-0.4, -0.2) is 56.9 Å². The lowest BCUT2D eigenvalue weighted by Gasteiger charge is -2.34. The molecule has 1 fully saturated rings. The predicted molar refractivity (Wildman–Crippen MR) is 82.2 cm³/mol. The first kappa shape index (κ1) is 17.3. The number of nitrogens with zero attached hydrogens (tertiary/aromatic N) is 6. The number of aromatic nitrogens is 4. The molecule has 2 aromatic heterocycles. The van der Waals surface area contributed by atoms with Crippen molar-refractivity contribution in [3.8, 4) is 0 Å². The Bertz CT molecular complexity index is 745. The molecule has 3 heterocycles. The molecule has 7 nitrogen and oxygen atoms in total. The van der Waals surface area contributed by atoms with Gasteiger partial charge in [0.1, 0.15) is 0 Å². The Kier molecular flexibility index (Phi) is 4.71. The van der Waals surface area contributed by atoms with Crippen LogP contribution in [0.2, 0.25) is 5.28 Å². The van der Waals surface area contributed by atoms with E-state index in [4.69, 9.17) is 11.6 Å². The number of alkyl halides is 3. The van der Waals surface area contributed by atoms with E-state index >= 15 is 0 Å². The summed E-state index contributed by atoms with van der Waals surface area (Å²) in [5.41, 5.74) is -0.573. The maximum atomic E-state index is 12.5. The van der Waals surface area contributed by atoms with Crippen LogP contribution in [0.15, 0.2) is 24.8 Å². The second-order valence-corrected chi connectivity index (χ2v) is 5.63. The highest BCUT2D eigenvalue weighted by Crippen LogP contribution is 2.28. The third-order valence-corrected chi connectivity index (χ3v) is 3.88. The van der Waals surface area contributed by atoms with Gasteiger partial charge in [-0.3, -0.25) is 4.79 Å². The Morgan fingerprint density at radius 3 is 2.04 bits per heavy atom. The highest BCUT2D eigenvalue weighted by Gasteiger charge is 2.32. The van der Waals surface area contributed by atoms with Crippen molar-refractivity contribution in [1.29, 1.82) is 0 Å². The summed E-state index contributed by atoms with van der Waals surface area (Å²) < 4.78 is 37.6. The Morgan fingerprint density at radius 1 is 0.960 bits per heavy atom. The predicted octanol–water partition coefficient (Wildman–Crippen LogP) is 1.90. The van der Waals surface area contributed by atoms with E-state index in [0.29, 0.717) is 31.7 Å². The Morgan fingerprint density at radius 2 is 1.52 bits per heavy atom. The molecule has 0 unspecified atom stereocenters. The van der Waals surface area contributed by atoms with Gasteiger partial charge in [0.05, 0.1) is 11.1 Å². The van der Waals surface area contributed by atoms with Crippen LogP contribution < -0.4 is 4.90 Å². The molecule has 1 aliphatic rings. The van der Waals surface area contributed by atoms with Crippen molar-refractivity contribution in [2.75, 3.05) is 31.1 Å². The van der Waals surface area contributed by atoms with Gasteiger partial charge in [0, 0.05) is 51.0 Å². The molecule has 0 radical (unpaired) electrons. The SMILES string of the molecule is O=C(c1cnc(Cl)nc1)N1CCN(c2ncc(C(F)(F)F)cn2)CC1. The number of carbonyl (C=O) groups excluding carboxylic acids is 1. The first-order valence-electron chi connectivity index (χ1n) is 7.25. The van der Waals surface area contributed by atoms with E-state index in [1.807, 2.05) is 0 Å². The van der Waals surface area contributed by atoms with Crippen molar-refractivity contribution in [3.63, 3.8) is 0 Å². The molecular weight excluding hydrogens is 361 g/mol. The van der Waals surface area contributed by atoms with Gasteiger partial charge in [-0.25, -0.2) is 19.9 Å². The molecule has 0 atom stereocenters. The molecule has 0 aliphatic carbocycles. The average molecular weight is 373 g/mol. The molecule has 0 N–H and O–H groups in total. The Hall–Kier alpha value is -2.49. The van der Waals surface area contributed by atoms with Crippen molar-refractivity contribution < 1.29 is 18.0 Å². The van der Waals surface area contributed by atoms with Crippen LogP contribution in [0.4, 0.5) is 19.1 Å². The first-order chi connectivity index (χ1) is 11.8. The zero-order valence-electron chi connectivity index (χ0n) is 12.7. The van der Waals surface area contributed by atoms with Crippen molar-refractivity contribution in [2.45, 2.75) is 6.18 Å². The lowest BCUT2D eigenvalue weighted by atomic mass is 10.2. The van der Waals surface area contributed by atoms with E-state index in [1.54, 1.807) is 9.80 Å². The van der Waals surface area contributed by atoms with E-state index in [0.717, 1.165) is 12.4 Å². The molecule has 2 aromatic rings. The number of halogens is 4. The highest BCUT2D eigenvalue weighted by atomic mass is 35.5. The molecule has 25 heavy (non-hydrogen) atoms. The molecule has 1 amide bonds. The van der Waals surface area contributed by atoms with Crippen LogP contribution in [0.25, 0.3) is 0 Å². The van der Waals surface area contributed by atoms with Crippen molar-refractivity contribution in [2.24, 2.45) is 0 Å². The average Bonchev–Trinajstić information content (AvgIpc) is 2.61. The number of anilines is 1. The van der Waals surface area contributed by atoms with Gasteiger partial charge in [0.15, 0.2) is 0 Å². The molecule has 0 saturated carbocycles.